The van der Waals surface area contributed by atoms with Crippen LogP contribution in [0.15, 0.2) is 83.5 Å². The van der Waals surface area contributed by atoms with Gasteiger partial charge >= 0.3 is 0 Å². The largest absolute Gasteiger partial charge is 0.467 e. The van der Waals surface area contributed by atoms with Gasteiger partial charge in [0.05, 0.1) is 18.2 Å². The molecule has 3 rings (SSSR count). The van der Waals surface area contributed by atoms with Crippen LogP contribution < -0.4 is 5.32 Å². The summed E-state index contributed by atoms with van der Waals surface area (Å²) in [6.45, 7) is 2.38. The van der Waals surface area contributed by atoms with E-state index in [0.29, 0.717) is 13.0 Å². The van der Waals surface area contributed by atoms with Crippen LogP contribution >= 0.6 is 0 Å². The topological polar surface area (TPSA) is 42.2 Å². The maximum Gasteiger partial charge on any atom is 0.231 e. The second-order valence-electron chi connectivity index (χ2n) is 6.12. The number of carbonyl (C=O) groups is 1. The summed E-state index contributed by atoms with van der Waals surface area (Å²) >= 11 is 0. The van der Waals surface area contributed by atoms with Gasteiger partial charge in [-0.2, -0.15) is 0 Å². The summed E-state index contributed by atoms with van der Waals surface area (Å²) in [7, 11) is 0. The van der Waals surface area contributed by atoms with Crippen LogP contribution in [0.5, 0.6) is 0 Å². The Hall–Kier alpha value is -2.81. The third kappa shape index (κ3) is 3.57. The number of hydrogen-bond acceptors (Lipinski definition) is 2. The smallest absolute Gasteiger partial charge is 0.231 e. The number of carbonyl (C=O) groups excluding carboxylic acids is 1. The molecule has 3 heteroatoms. The first-order valence-corrected chi connectivity index (χ1v) is 8.08. The highest BCUT2D eigenvalue weighted by Gasteiger charge is 2.35. The molecule has 3 aromatic rings. The van der Waals surface area contributed by atoms with Crippen LogP contribution in [0.2, 0.25) is 0 Å². The van der Waals surface area contributed by atoms with E-state index in [1.807, 2.05) is 67.6 Å². The maximum absolute atomic E-state index is 13.0. The number of furan rings is 1. The standard InChI is InChI=1S/C21H21NO2/c1-21(18-11-6-3-7-12-18,15-17-9-4-2-5-10-17)20(23)22-16-19-13-8-14-24-19/h2-14H,15-16H2,1H3,(H,22,23). The molecule has 0 fully saturated rings. The molecule has 0 radical (unpaired) electrons. The molecule has 0 aliphatic carbocycles. The minimum atomic E-state index is -0.644. The van der Waals surface area contributed by atoms with Gasteiger partial charge in [0.2, 0.25) is 5.91 Å². The van der Waals surface area contributed by atoms with E-state index in [-0.39, 0.29) is 5.91 Å². The molecule has 1 atom stereocenters. The van der Waals surface area contributed by atoms with Crippen molar-refractivity contribution in [1.82, 2.24) is 5.32 Å². The van der Waals surface area contributed by atoms with E-state index in [1.54, 1.807) is 6.26 Å². The van der Waals surface area contributed by atoms with Gasteiger partial charge in [0.25, 0.3) is 0 Å². The molecule has 0 saturated heterocycles. The van der Waals surface area contributed by atoms with Crippen molar-refractivity contribution < 1.29 is 9.21 Å². The van der Waals surface area contributed by atoms with Crippen LogP contribution in [0.4, 0.5) is 0 Å². The number of hydrogen-bond donors (Lipinski definition) is 1. The predicted octanol–water partition coefficient (Wildman–Crippen LogP) is 4.10. The maximum atomic E-state index is 13.0. The minimum Gasteiger partial charge on any atom is -0.467 e. The second-order valence-corrected chi connectivity index (χ2v) is 6.12. The van der Waals surface area contributed by atoms with Crippen LogP contribution in [-0.2, 0) is 23.2 Å². The highest BCUT2D eigenvalue weighted by atomic mass is 16.3. The van der Waals surface area contributed by atoms with E-state index in [9.17, 15) is 4.79 Å². The minimum absolute atomic E-state index is 0.00560. The molecule has 24 heavy (non-hydrogen) atoms. The van der Waals surface area contributed by atoms with Gasteiger partial charge in [-0.1, -0.05) is 60.7 Å². The molecule has 1 heterocycles. The molecule has 0 saturated carbocycles. The molecule has 1 unspecified atom stereocenters. The molecule has 1 N–H and O–H groups in total. The Bertz CT molecular complexity index is 766. The van der Waals surface area contributed by atoms with Gasteiger partial charge in [0, 0.05) is 0 Å². The Labute approximate surface area is 142 Å². The highest BCUT2D eigenvalue weighted by molar-refractivity contribution is 5.88. The summed E-state index contributed by atoms with van der Waals surface area (Å²) < 4.78 is 5.31. The van der Waals surface area contributed by atoms with Crippen LogP contribution in [-0.4, -0.2) is 5.91 Å². The SMILES string of the molecule is CC(Cc1ccccc1)(C(=O)NCc1ccco1)c1ccccc1. The molecule has 1 amide bonds. The first-order chi connectivity index (χ1) is 11.7. The van der Waals surface area contributed by atoms with Gasteiger partial charge in [-0.05, 0) is 36.6 Å². The fraction of sp³-hybridized carbons (Fsp3) is 0.190. The van der Waals surface area contributed by atoms with E-state index >= 15 is 0 Å². The average molecular weight is 319 g/mol. The van der Waals surface area contributed by atoms with Gasteiger partial charge in [0.1, 0.15) is 5.76 Å². The third-order valence-corrected chi connectivity index (χ3v) is 4.32. The van der Waals surface area contributed by atoms with Crippen molar-refractivity contribution in [1.29, 1.82) is 0 Å². The fourth-order valence-electron chi connectivity index (χ4n) is 2.90. The molecular weight excluding hydrogens is 298 g/mol. The zero-order valence-electron chi connectivity index (χ0n) is 13.7. The lowest BCUT2D eigenvalue weighted by molar-refractivity contribution is -0.126. The third-order valence-electron chi connectivity index (χ3n) is 4.32. The summed E-state index contributed by atoms with van der Waals surface area (Å²) in [6.07, 6.45) is 2.25. The Morgan fingerprint density at radius 1 is 0.958 bits per heavy atom. The van der Waals surface area contributed by atoms with Gasteiger partial charge in [-0.25, -0.2) is 0 Å². The molecule has 0 bridgehead atoms. The molecule has 1 aromatic heterocycles. The number of benzene rings is 2. The van der Waals surface area contributed by atoms with E-state index < -0.39 is 5.41 Å². The fourth-order valence-corrected chi connectivity index (χ4v) is 2.90. The zero-order chi connectivity index (χ0) is 16.8. The summed E-state index contributed by atoms with van der Waals surface area (Å²) in [5.74, 6) is 0.743. The lowest BCUT2D eigenvalue weighted by atomic mass is 9.76. The molecular formula is C21H21NO2. The molecule has 2 aromatic carbocycles. The summed E-state index contributed by atoms with van der Waals surface area (Å²) in [4.78, 5) is 13.0. The zero-order valence-corrected chi connectivity index (χ0v) is 13.7. The van der Waals surface area contributed by atoms with Crippen molar-refractivity contribution in [2.24, 2.45) is 0 Å². The van der Waals surface area contributed by atoms with Gasteiger partial charge in [-0.15, -0.1) is 0 Å². The normalized spacial score (nSPS) is 13.2. The van der Waals surface area contributed by atoms with E-state index in [2.05, 4.69) is 17.4 Å². The van der Waals surface area contributed by atoms with Crippen molar-refractivity contribution in [3.05, 3.63) is 95.9 Å². The van der Waals surface area contributed by atoms with Crippen molar-refractivity contribution in [2.75, 3.05) is 0 Å². The monoisotopic (exact) mass is 319 g/mol. The van der Waals surface area contributed by atoms with Crippen molar-refractivity contribution in [2.45, 2.75) is 25.3 Å². The van der Waals surface area contributed by atoms with Crippen molar-refractivity contribution in [3.8, 4) is 0 Å². The van der Waals surface area contributed by atoms with Crippen molar-refractivity contribution in [3.63, 3.8) is 0 Å². The summed E-state index contributed by atoms with van der Waals surface area (Å²) in [6, 6.07) is 23.7. The van der Waals surface area contributed by atoms with Gasteiger partial charge in [-0.3, -0.25) is 4.79 Å². The summed E-state index contributed by atoms with van der Waals surface area (Å²) in [5, 5.41) is 3.01. The van der Waals surface area contributed by atoms with Crippen LogP contribution in [0.3, 0.4) is 0 Å². The van der Waals surface area contributed by atoms with Gasteiger partial charge in [0.15, 0.2) is 0 Å². The van der Waals surface area contributed by atoms with Crippen LogP contribution in [0.1, 0.15) is 23.8 Å². The highest BCUT2D eigenvalue weighted by Crippen LogP contribution is 2.28. The molecule has 3 nitrogen and oxygen atoms in total. The molecule has 0 aliphatic heterocycles. The average Bonchev–Trinajstić information content (AvgIpc) is 3.14. The Balaban J connectivity index is 1.85. The van der Waals surface area contributed by atoms with E-state index in [4.69, 9.17) is 4.42 Å². The Morgan fingerprint density at radius 3 is 2.25 bits per heavy atom. The summed E-state index contributed by atoms with van der Waals surface area (Å²) in [5.41, 5.74) is 1.50. The number of nitrogens with one attached hydrogen (secondary N) is 1. The molecule has 122 valence electrons. The lowest BCUT2D eigenvalue weighted by Crippen LogP contribution is -2.43. The van der Waals surface area contributed by atoms with Crippen LogP contribution in [0.25, 0.3) is 0 Å². The number of rotatable bonds is 6. The predicted molar refractivity (Wildman–Crippen MR) is 94.5 cm³/mol. The molecule has 0 aliphatic rings. The Kier molecular flexibility index (Phi) is 4.80. The van der Waals surface area contributed by atoms with Gasteiger partial charge < -0.3 is 9.73 Å². The van der Waals surface area contributed by atoms with Crippen molar-refractivity contribution >= 4 is 5.91 Å². The lowest BCUT2D eigenvalue weighted by Gasteiger charge is -2.29. The quantitative estimate of drug-likeness (QED) is 0.743. The molecule has 0 spiro atoms. The number of amides is 1. The first kappa shape index (κ1) is 16.1. The van der Waals surface area contributed by atoms with Crippen LogP contribution in [0, 0.1) is 0 Å². The Morgan fingerprint density at radius 2 is 1.62 bits per heavy atom. The van der Waals surface area contributed by atoms with E-state index in [1.165, 1.54) is 0 Å². The first-order valence-electron chi connectivity index (χ1n) is 8.08. The van der Waals surface area contributed by atoms with E-state index in [0.717, 1.165) is 16.9 Å². The second kappa shape index (κ2) is 7.18.